The monoisotopic (exact) mass is 354 g/mol. The second-order valence-electron chi connectivity index (χ2n) is 7.20. The third-order valence-electron chi connectivity index (χ3n) is 5.48. The SMILES string of the molecule is CC(C(=O)Nc1cccc(C#N)c1)N1CCC(C(=O)N2CCCC2)CC1. The van der Waals surface area contributed by atoms with Crippen LogP contribution in [0.5, 0.6) is 0 Å². The first-order chi connectivity index (χ1) is 12.6. The molecule has 1 aromatic rings. The maximum Gasteiger partial charge on any atom is 0.241 e. The smallest absolute Gasteiger partial charge is 0.241 e. The van der Waals surface area contributed by atoms with Gasteiger partial charge in [0.1, 0.15) is 0 Å². The van der Waals surface area contributed by atoms with Crippen LogP contribution in [0.1, 0.15) is 38.2 Å². The lowest BCUT2D eigenvalue weighted by atomic mass is 9.94. The lowest BCUT2D eigenvalue weighted by Gasteiger charge is -2.36. The number of carbonyl (C=O) groups is 2. The van der Waals surface area contributed by atoms with Crippen LogP contribution in [0.4, 0.5) is 5.69 Å². The van der Waals surface area contributed by atoms with Gasteiger partial charge in [-0.25, -0.2) is 0 Å². The number of anilines is 1. The molecule has 0 saturated carbocycles. The zero-order valence-electron chi connectivity index (χ0n) is 15.3. The molecule has 1 aromatic carbocycles. The second kappa shape index (κ2) is 8.33. The van der Waals surface area contributed by atoms with Crippen molar-refractivity contribution in [3.63, 3.8) is 0 Å². The van der Waals surface area contributed by atoms with Gasteiger partial charge >= 0.3 is 0 Å². The first-order valence-electron chi connectivity index (χ1n) is 9.42. The minimum atomic E-state index is -0.261. The van der Waals surface area contributed by atoms with Gasteiger partial charge in [-0.1, -0.05) is 6.07 Å². The van der Waals surface area contributed by atoms with E-state index in [2.05, 4.69) is 16.3 Å². The number of hydrogen-bond acceptors (Lipinski definition) is 4. The van der Waals surface area contributed by atoms with Gasteiger partial charge < -0.3 is 10.2 Å². The third-order valence-corrected chi connectivity index (χ3v) is 5.48. The number of nitrogens with one attached hydrogen (secondary N) is 1. The molecule has 2 saturated heterocycles. The number of benzene rings is 1. The third kappa shape index (κ3) is 4.23. The van der Waals surface area contributed by atoms with Gasteiger partial charge in [0, 0.05) is 24.7 Å². The summed E-state index contributed by atoms with van der Waals surface area (Å²) in [6, 6.07) is 8.74. The zero-order chi connectivity index (χ0) is 18.5. The van der Waals surface area contributed by atoms with Gasteiger partial charge in [0.05, 0.1) is 17.7 Å². The van der Waals surface area contributed by atoms with E-state index in [-0.39, 0.29) is 17.9 Å². The molecule has 0 aromatic heterocycles. The standard InChI is InChI=1S/C20H26N4O2/c1-15(19(25)22-18-6-4-5-16(13-18)14-21)23-11-7-17(8-12-23)20(26)24-9-2-3-10-24/h4-6,13,15,17H,2-3,7-12H2,1H3,(H,22,25). The van der Waals surface area contributed by atoms with Gasteiger partial charge in [0.15, 0.2) is 0 Å². The van der Waals surface area contributed by atoms with Crippen molar-refractivity contribution in [2.75, 3.05) is 31.5 Å². The quantitative estimate of drug-likeness (QED) is 0.899. The largest absolute Gasteiger partial charge is 0.342 e. The normalized spacial score (nSPS) is 19.8. The fourth-order valence-electron chi connectivity index (χ4n) is 3.81. The van der Waals surface area contributed by atoms with E-state index in [1.807, 2.05) is 11.8 Å². The molecule has 6 heteroatoms. The molecule has 1 atom stereocenters. The van der Waals surface area contributed by atoms with Crippen LogP contribution in [0.25, 0.3) is 0 Å². The molecule has 3 rings (SSSR count). The number of piperidine rings is 1. The highest BCUT2D eigenvalue weighted by Gasteiger charge is 2.32. The second-order valence-corrected chi connectivity index (χ2v) is 7.20. The molecule has 2 aliphatic rings. The highest BCUT2D eigenvalue weighted by atomic mass is 16.2. The molecule has 2 amide bonds. The average molecular weight is 354 g/mol. The predicted octanol–water partition coefficient (Wildman–Crippen LogP) is 2.22. The molecule has 1 unspecified atom stereocenters. The Kier molecular flexibility index (Phi) is 5.89. The van der Waals surface area contributed by atoms with E-state index in [9.17, 15) is 9.59 Å². The van der Waals surface area contributed by atoms with Crippen LogP contribution in [0, 0.1) is 17.2 Å². The number of nitriles is 1. The molecule has 2 heterocycles. The Morgan fingerprint density at radius 1 is 1.19 bits per heavy atom. The van der Waals surface area contributed by atoms with E-state index in [1.54, 1.807) is 24.3 Å². The Balaban J connectivity index is 1.51. The maximum absolute atomic E-state index is 12.5. The molecule has 0 bridgehead atoms. The molecule has 0 spiro atoms. The molecule has 0 aliphatic carbocycles. The van der Waals surface area contributed by atoms with E-state index in [0.717, 1.165) is 51.9 Å². The Morgan fingerprint density at radius 2 is 1.88 bits per heavy atom. The van der Waals surface area contributed by atoms with Gasteiger partial charge in [-0.2, -0.15) is 5.26 Å². The van der Waals surface area contributed by atoms with Crippen LogP contribution in [0.3, 0.4) is 0 Å². The first-order valence-corrected chi connectivity index (χ1v) is 9.42. The fourth-order valence-corrected chi connectivity index (χ4v) is 3.81. The van der Waals surface area contributed by atoms with E-state index in [1.165, 1.54) is 0 Å². The van der Waals surface area contributed by atoms with Crippen LogP contribution in [0.2, 0.25) is 0 Å². The summed E-state index contributed by atoms with van der Waals surface area (Å²) in [7, 11) is 0. The molecular weight excluding hydrogens is 328 g/mol. The number of likely N-dealkylation sites (tertiary alicyclic amines) is 2. The molecular formula is C20H26N4O2. The Bertz CT molecular complexity index is 698. The molecule has 6 nitrogen and oxygen atoms in total. The summed E-state index contributed by atoms with van der Waals surface area (Å²) in [4.78, 5) is 29.2. The van der Waals surface area contributed by atoms with Crippen LogP contribution in [0.15, 0.2) is 24.3 Å². The molecule has 2 aliphatic heterocycles. The maximum atomic E-state index is 12.5. The highest BCUT2D eigenvalue weighted by Crippen LogP contribution is 2.23. The fraction of sp³-hybridized carbons (Fsp3) is 0.550. The summed E-state index contributed by atoms with van der Waals surface area (Å²) in [5, 5.41) is 11.8. The Labute approximate surface area is 154 Å². The van der Waals surface area contributed by atoms with Crippen molar-refractivity contribution in [2.24, 2.45) is 5.92 Å². The van der Waals surface area contributed by atoms with Crippen molar-refractivity contribution in [1.29, 1.82) is 5.26 Å². The number of nitrogens with zero attached hydrogens (tertiary/aromatic N) is 3. The predicted molar refractivity (Wildman–Crippen MR) is 99.4 cm³/mol. The van der Waals surface area contributed by atoms with Gasteiger partial charge in [-0.05, 0) is 63.9 Å². The molecule has 0 radical (unpaired) electrons. The van der Waals surface area contributed by atoms with Crippen molar-refractivity contribution in [1.82, 2.24) is 9.80 Å². The van der Waals surface area contributed by atoms with Crippen LogP contribution in [-0.2, 0) is 9.59 Å². The van der Waals surface area contributed by atoms with Crippen molar-refractivity contribution >= 4 is 17.5 Å². The van der Waals surface area contributed by atoms with Crippen molar-refractivity contribution in [3.05, 3.63) is 29.8 Å². The minimum Gasteiger partial charge on any atom is -0.342 e. The molecule has 1 N–H and O–H groups in total. The number of amides is 2. The molecule has 2 fully saturated rings. The van der Waals surface area contributed by atoms with E-state index in [0.29, 0.717) is 17.2 Å². The Hall–Kier alpha value is -2.39. The summed E-state index contributed by atoms with van der Waals surface area (Å²) in [6.07, 6.45) is 3.87. The molecule has 26 heavy (non-hydrogen) atoms. The topological polar surface area (TPSA) is 76.4 Å². The first kappa shape index (κ1) is 18.4. The van der Waals surface area contributed by atoms with E-state index in [4.69, 9.17) is 5.26 Å². The van der Waals surface area contributed by atoms with Crippen molar-refractivity contribution < 1.29 is 9.59 Å². The van der Waals surface area contributed by atoms with Crippen molar-refractivity contribution in [3.8, 4) is 6.07 Å². The van der Waals surface area contributed by atoms with Gasteiger partial charge in [0.2, 0.25) is 11.8 Å². The van der Waals surface area contributed by atoms with E-state index >= 15 is 0 Å². The lowest BCUT2D eigenvalue weighted by molar-refractivity contribution is -0.136. The van der Waals surface area contributed by atoms with E-state index < -0.39 is 0 Å². The Morgan fingerprint density at radius 3 is 2.54 bits per heavy atom. The number of rotatable bonds is 4. The zero-order valence-corrected chi connectivity index (χ0v) is 15.3. The van der Waals surface area contributed by atoms with Crippen LogP contribution < -0.4 is 5.32 Å². The summed E-state index contributed by atoms with van der Waals surface area (Å²) in [6.45, 7) is 5.22. The highest BCUT2D eigenvalue weighted by molar-refractivity contribution is 5.94. The molecule has 138 valence electrons. The van der Waals surface area contributed by atoms with Gasteiger partial charge in [-0.3, -0.25) is 14.5 Å². The minimum absolute atomic E-state index is 0.0793. The summed E-state index contributed by atoms with van der Waals surface area (Å²) >= 11 is 0. The number of hydrogen-bond donors (Lipinski definition) is 1. The summed E-state index contributed by atoms with van der Waals surface area (Å²) in [5.41, 5.74) is 1.16. The summed E-state index contributed by atoms with van der Waals surface area (Å²) in [5.74, 6) is 0.323. The van der Waals surface area contributed by atoms with Crippen LogP contribution in [-0.4, -0.2) is 53.8 Å². The number of carbonyl (C=O) groups excluding carboxylic acids is 2. The van der Waals surface area contributed by atoms with Gasteiger partial charge in [-0.15, -0.1) is 0 Å². The summed E-state index contributed by atoms with van der Waals surface area (Å²) < 4.78 is 0. The van der Waals surface area contributed by atoms with Gasteiger partial charge in [0.25, 0.3) is 0 Å². The lowest BCUT2D eigenvalue weighted by Crippen LogP contribution is -2.48. The van der Waals surface area contributed by atoms with Crippen molar-refractivity contribution in [2.45, 2.75) is 38.6 Å². The van der Waals surface area contributed by atoms with Crippen LogP contribution >= 0.6 is 0 Å². The average Bonchev–Trinajstić information content (AvgIpc) is 3.22.